The Labute approximate surface area is 104 Å². The molecule has 0 saturated carbocycles. The molecule has 1 aliphatic rings. The van der Waals surface area contributed by atoms with Gasteiger partial charge in [-0.05, 0) is 24.0 Å². The van der Waals surface area contributed by atoms with Crippen molar-refractivity contribution >= 4 is 0 Å². The Hall–Kier alpha value is -0.860. The van der Waals surface area contributed by atoms with E-state index in [4.69, 9.17) is 0 Å². The molecule has 0 saturated heterocycles. The zero-order chi connectivity index (χ0) is 12.1. The van der Waals surface area contributed by atoms with Crippen molar-refractivity contribution in [2.24, 2.45) is 0 Å². The maximum atomic E-state index is 9.94. The van der Waals surface area contributed by atoms with Gasteiger partial charge in [-0.3, -0.25) is 4.90 Å². The van der Waals surface area contributed by atoms with E-state index in [9.17, 15) is 5.11 Å². The fourth-order valence-corrected chi connectivity index (χ4v) is 2.54. The zero-order valence-corrected chi connectivity index (χ0v) is 10.7. The minimum atomic E-state index is -0.153. The summed E-state index contributed by atoms with van der Waals surface area (Å²) in [6, 6.07) is 8.65. The molecule has 1 unspecified atom stereocenters. The van der Waals surface area contributed by atoms with Crippen molar-refractivity contribution in [2.45, 2.75) is 45.3 Å². The van der Waals surface area contributed by atoms with E-state index < -0.39 is 0 Å². The van der Waals surface area contributed by atoms with Crippen LogP contribution in [-0.2, 0) is 13.0 Å². The van der Waals surface area contributed by atoms with E-state index in [2.05, 4.69) is 36.1 Å². The highest BCUT2D eigenvalue weighted by molar-refractivity contribution is 5.29. The Morgan fingerprint density at radius 1 is 1.29 bits per heavy atom. The van der Waals surface area contributed by atoms with Crippen LogP contribution in [0.4, 0.5) is 0 Å². The first-order valence-corrected chi connectivity index (χ1v) is 6.76. The second-order valence-electron chi connectivity index (χ2n) is 5.05. The molecule has 0 radical (unpaired) electrons. The van der Waals surface area contributed by atoms with E-state index in [1.807, 2.05) is 0 Å². The van der Waals surface area contributed by atoms with Gasteiger partial charge < -0.3 is 5.11 Å². The summed E-state index contributed by atoms with van der Waals surface area (Å²) in [7, 11) is 0. The first-order valence-electron chi connectivity index (χ1n) is 6.76. The number of β-amino-alcohol motifs (C(OH)–C–C–N with tert-alkyl or cyclic N) is 1. The van der Waals surface area contributed by atoms with Crippen LogP contribution in [0.2, 0.25) is 0 Å². The number of nitrogens with zero attached hydrogens (tertiary/aromatic N) is 1. The molecule has 1 heterocycles. The SMILES string of the molecule is CCCCC(O)CN1CCc2ccccc2C1. The number of fused-ring (bicyclic) bond motifs is 1. The van der Waals surface area contributed by atoms with Gasteiger partial charge in [0.15, 0.2) is 0 Å². The van der Waals surface area contributed by atoms with Gasteiger partial charge in [0.2, 0.25) is 0 Å². The number of aliphatic hydroxyl groups is 1. The van der Waals surface area contributed by atoms with Crippen LogP contribution in [-0.4, -0.2) is 29.2 Å². The fourth-order valence-electron chi connectivity index (χ4n) is 2.54. The minimum Gasteiger partial charge on any atom is -0.392 e. The Kier molecular flexibility index (Phi) is 4.57. The van der Waals surface area contributed by atoms with Crippen molar-refractivity contribution in [3.05, 3.63) is 35.4 Å². The van der Waals surface area contributed by atoms with Gasteiger partial charge in [0.05, 0.1) is 6.10 Å². The normalized spacial score (nSPS) is 17.8. The van der Waals surface area contributed by atoms with Gasteiger partial charge in [-0.25, -0.2) is 0 Å². The van der Waals surface area contributed by atoms with Crippen molar-refractivity contribution in [1.82, 2.24) is 4.90 Å². The summed E-state index contributed by atoms with van der Waals surface area (Å²) in [5.74, 6) is 0. The Morgan fingerprint density at radius 2 is 2.06 bits per heavy atom. The first kappa shape index (κ1) is 12.6. The zero-order valence-electron chi connectivity index (χ0n) is 10.7. The largest absolute Gasteiger partial charge is 0.392 e. The van der Waals surface area contributed by atoms with Crippen molar-refractivity contribution in [3.8, 4) is 0 Å². The van der Waals surface area contributed by atoms with E-state index in [0.29, 0.717) is 0 Å². The lowest BCUT2D eigenvalue weighted by molar-refractivity contribution is 0.0968. The molecule has 2 heteroatoms. The first-order chi connectivity index (χ1) is 8.29. The molecule has 1 atom stereocenters. The number of rotatable bonds is 5. The van der Waals surface area contributed by atoms with Crippen LogP contribution in [0, 0.1) is 0 Å². The highest BCUT2D eigenvalue weighted by Gasteiger charge is 2.17. The minimum absolute atomic E-state index is 0.153. The molecule has 17 heavy (non-hydrogen) atoms. The topological polar surface area (TPSA) is 23.5 Å². The van der Waals surface area contributed by atoms with Gasteiger partial charge >= 0.3 is 0 Å². The quantitative estimate of drug-likeness (QED) is 0.845. The molecule has 0 amide bonds. The molecule has 1 N–H and O–H groups in total. The number of hydrogen-bond donors (Lipinski definition) is 1. The third-order valence-electron chi connectivity index (χ3n) is 3.57. The Morgan fingerprint density at radius 3 is 2.82 bits per heavy atom. The predicted octanol–water partition coefficient (Wildman–Crippen LogP) is 2.60. The number of benzene rings is 1. The molecule has 1 aromatic carbocycles. The van der Waals surface area contributed by atoms with E-state index in [1.165, 1.54) is 17.5 Å². The summed E-state index contributed by atoms with van der Waals surface area (Å²) < 4.78 is 0. The van der Waals surface area contributed by atoms with Gasteiger partial charge in [0.25, 0.3) is 0 Å². The van der Waals surface area contributed by atoms with Crippen molar-refractivity contribution in [2.75, 3.05) is 13.1 Å². The van der Waals surface area contributed by atoms with E-state index in [-0.39, 0.29) is 6.10 Å². The van der Waals surface area contributed by atoms with E-state index in [0.717, 1.165) is 38.9 Å². The summed E-state index contributed by atoms with van der Waals surface area (Å²) in [5, 5.41) is 9.94. The average molecular weight is 233 g/mol. The van der Waals surface area contributed by atoms with Crippen LogP contribution < -0.4 is 0 Å². The lowest BCUT2D eigenvalue weighted by atomic mass is 9.99. The number of aliphatic hydroxyl groups excluding tert-OH is 1. The highest BCUT2D eigenvalue weighted by Crippen LogP contribution is 2.18. The van der Waals surface area contributed by atoms with Crippen molar-refractivity contribution in [1.29, 1.82) is 0 Å². The predicted molar refractivity (Wildman–Crippen MR) is 71.0 cm³/mol. The van der Waals surface area contributed by atoms with Gasteiger partial charge in [0.1, 0.15) is 0 Å². The molecule has 1 aromatic rings. The Bertz CT molecular complexity index is 351. The molecular weight excluding hydrogens is 210 g/mol. The van der Waals surface area contributed by atoms with Gasteiger partial charge in [-0.1, -0.05) is 44.0 Å². The van der Waals surface area contributed by atoms with Crippen LogP contribution in [0.5, 0.6) is 0 Å². The summed E-state index contributed by atoms with van der Waals surface area (Å²) >= 11 is 0. The molecule has 94 valence electrons. The molecule has 0 aliphatic carbocycles. The molecular formula is C15H23NO. The number of unbranched alkanes of at least 4 members (excludes halogenated alkanes) is 1. The molecule has 0 bridgehead atoms. The van der Waals surface area contributed by atoms with Gasteiger partial charge in [-0.2, -0.15) is 0 Å². The van der Waals surface area contributed by atoms with Crippen LogP contribution in [0.3, 0.4) is 0 Å². The lowest BCUT2D eigenvalue weighted by Crippen LogP contribution is -2.36. The maximum Gasteiger partial charge on any atom is 0.0667 e. The van der Waals surface area contributed by atoms with Crippen molar-refractivity contribution in [3.63, 3.8) is 0 Å². The average Bonchev–Trinajstić information content (AvgIpc) is 2.36. The third kappa shape index (κ3) is 3.55. The van der Waals surface area contributed by atoms with Gasteiger partial charge in [0, 0.05) is 19.6 Å². The molecule has 1 aliphatic heterocycles. The molecule has 0 aromatic heterocycles. The third-order valence-corrected chi connectivity index (χ3v) is 3.57. The van der Waals surface area contributed by atoms with Gasteiger partial charge in [-0.15, -0.1) is 0 Å². The monoisotopic (exact) mass is 233 g/mol. The standard InChI is InChI=1S/C15H23NO/c1-2-3-8-15(17)12-16-10-9-13-6-4-5-7-14(13)11-16/h4-7,15,17H,2-3,8-12H2,1H3. The Balaban J connectivity index is 1.85. The van der Waals surface area contributed by atoms with Crippen molar-refractivity contribution < 1.29 is 5.11 Å². The number of hydrogen-bond acceptors (Lipinski definition) is 2. The molecule has 2 rings (SSSR count). The summed E-state index contributed by atoms with van der Waals surface area (Å²) in [4.78, 5) is 2.38. The lowest BCUT2D eigenvalue weighted by Gasteiger charge is -2.30. The fraction of sp³-hybridized carbons (Fsp3) is 0.600. The summed E-state index contributed by atoms with van der Waals surface area (Å²) in [6.07, 6.45) is 4.21. The highest BCUT2D eigenvalue weighted by atomic mass is 16.3. The van der Waals surface area contributed by atoms with E-state index >= 15 is 0 Å². The van der Waals surface area contributed by atoms with E-state index in [1.54, 1.807) is 0 Å². The summed E-state index contributed by atoms with van der Waals surface area (Å²) in [5.41, 5.74) is 2.91. The second kappa shape index (κ2) is 6.18. The van der Waals surface area contributed by atoms with Crippen LogP contribution in [0.15, 0.2) is 24.3 Å². The van der Waals surface area contributed by atoms with Crippen LogP contribution in [0.25, 0.3) is 0 Å². The smallest absolute Gasteiger partial charge is 0.0667 e. The van der Waals surface area contributed by atoms with Crippen LogP contribution >= 0.6 is 0 Å². The summed E-state index contributed by atoms with van der Waals surface area (Å²) in [6.45, 7) is 5.08. The maximum absolute atomic E-state index is 9.94. The molecule has 0 spiro atoms. The molecule has 0 fully saturated rings. The van der Waals surface area contributed by atoms with Crippen LogP contribution in [0.1, 0.15) is 37.3 Å². The second-order valence-corrected chi connectivity index (χ2v) is 5.05. The molecule has 2 nitrogen and oxygen atoms in total.